The van der Waals surface area contributed by atoms with Crippen LogP contribution in [0.5, 0.6) is 0 Å². The summed E-state index contributed by atoms with van der Waals surface area (Å²) in [4.78, 5) is 11.2. The summed E-state index contributed by atoms with van der Waals surface area (Å²) >= 11 is 0. The van der Waals surface area contributed by atoms with Gasteiger partial charge in [0.15, 0.2) is 0 Å². The molecule has 0 radical (unpaired) electrons. The number of unbranched alkanes of at least 4 members (excludes halogenated alkanes) is 2. The van der Waals surface area contributed by atoms with Gasteiger partial charge in [-0.2, -0.15) is 0 Å². The smallest absolute Gasteiger partial charge is 0.338 e. The van der Waals surface area contributed by atoms with Crippen molar-refractivity contribution < 1.29 is 9.53 Å². The molecule has 0 N–H and O–H groups in total. The Morgan fingerprint density at radius 3 is 2.50 bits per heavy atom. The van der Waals surface area contributed by atoms with Crippen LogP contribution in [-0.2, 0) is 9.53 Å². The third-order valence-electron chi connectivity index (χ3n) is 1.92. The standard InChI is InChI=1S/C12H20O2/c1-5-7-8-9-11(6-2)14-12(13)10(3)4/h6H,3,5,7-9H2,1-2,4H3. The van der Waals surface area contributed by atoms with Crippen LogP contribution >= 0.6 is 0 Å². The van der Waals surface area contributed by atoms with Crippen molar-refractivity contribution in [1.82, 2.24) is 0 Å². The van der Waals surface area contributed by atoms with Gasteiger partial charge in [0.05, 0.1) is 0 Å². The fourth-order valence-electron chi connectivity index (χ4n) is 1.01. The highest BCUT2D eigenvalue weighted by molar-refractivity contribution is 5.87. The van der Waals surface area contributed by atoms with E-state index in [1.807, 2.05) is 13.0 Å². The Hall–Kier alpha value is -1.05. The summed E-state index contributed by atoms with van der Waals surface area (Å²) in [5.74, 6) is 0.432. The molecule has 0 aliphatic rings. The van der Waals surface area contributed by atoms with Crippen LogP contribution in [0.2, 0.25) is 0 Å². The van der Waals surface area contributed by atoms with Gasteiger partial charge in [0, 0.05) is 12.0 Å². The van der Waals surface area contributed by atoms with Gasteiger partial charge in [0.1, 0.15) is 5.76 Å². The molecule has 0 aromatic heterocycles. The van der Waals surface area contributed by atoms with Crippen LogP contribution in [0.3, 0.4) is 0 Å². The molecule has 0 saturated heterocycles. The summed E-state index contributed by atoms with van der Waals surface area (Å²) in [5.41, 5.74) is 0.444. The minimum Gasteiger partial charge on any atom is -0.428 e. The van der Waals surface area contributed by atoms with Gasteiger partial charge in [-0.1, -0.05) is 26.3 Å². The molecule has 0 aromatic rings. The molecular formula is C12H20O2. The summed E-state index contributed by atoms with van der Waals surface area (Å²) < 4.78 is 5.13. The van der Waals surface area contributed by atoms with Crippen LogP contribution in [0.15, 0.2) is 24.0 Å². The van der Waals surface area contributed by atoms with Crippen molar-refractivity contribution in [2.75, 3.05) is 0 Å². The van der Waals surface area contributed by atoms with Crippen molar-refractivity contribution in [3.8, 4) is 0 Å². The Morgan fingerprint density at radius 2 is 2.07 bits per heavy atom. The molecule has 0 fully saturated rings. The molecule has 0 aliphatic heterocycles. The van der Waals surface area contributed by atoms with Gasteiger partial charge in [0.2, 0.25) is 0 Å². The highest BCUT2D eigenvalue weighted by Crippen LogP contribution is 2.11. The van der Waals surface area contributed by atoms with E-state index in [-0.39, 0.29) is 5.97 Å². The van der Waals surface area contributed by atoms with Gasteiger partial charge >= 0.3 is 5.97 Å². The van der Waals surface area contributed by atoms with Gasteiger partial charge in [0.25, 0.3) is 0 Å². The molecule has 0 spiro atoms. The van der Waals surface area contributed by atoms with E-state index < -0.39 is 0 Å². The zero-order valence-electron chi connectivity index (χ0n) is 9.43. The highest BCUT2D eigenvalue weighted by atomic mass is 16.5. The lowest BCUT2D eigenvalue weighted by atomic mass is 10.2. The number of carbonyl (C=O) groups excluding carboxylic acids is 1. The van der Waals surface area contributed by atoms with Crippen LogP contribution in [0.25, 0.3) is 0 Å². The summed E-state index contributed by atoms with van der Waals surface area (Å²) in [6, 6.07) is 0. The predicted molar refractivity (Wildman–Crippen MR) is 58.8 cm³/mol. The monoisotopic (exact) mass is 196 g/mol. The highest BCUT2D eigenvalue weighted by Gasteiger charge is 2.06. The first-order chi connectivity index (χ1) is 6.61. The number of allylic oxidation sites excluding steroid dienone is 2. The van der Waals surface area contributed by atoms with Gasteiger partial charge in [-0.05, 0) is 26.3 Å². The lowest BCUT2D eigenvalue weighted by Crippen LogP contribution is -2.04. The van der Waals surface area contributed by atoms with E-state index in [2.05, 4.69) is 13.5 Å². The molecule has 2 nitrogen and oxygen atoms in total. The van der Waals surface area contributed by atoms with Crippen molar-refractivity contribution in [2.24, 2.45) is 0 Å². The van der Waals surface area contributed by atoms with E-state index in [0.717, 1.165) is 18.6 Å². The van der Waals surface area contributed by atoms with E-state index in [1.54, 1.807) is 6.92 Å². The molecule has 0 bridgehead atoms. The largest absolute Gasteiger partial charge is 0.428 e. The fourth-order valence-corrected chi connectivity index (χ4v) is 1.01. The molecule has 0 amide bonds. The van der Waals surface area contributed by atoms with Crippen molar-refractivity contribution >= 4 is 5.97 Å². The molecule has 0 heterocycles. The molecule has 80 valence electrons. The van der Waals surface area contributed by atoms with E-state index in [4.69, 9.17) is 4.74 Å². The molecule has 2 heteroatoms. The van der Waals surface area contributed by atoms with Crippen LogP contribution in [0.4, 0.5) is 0 Å². The third kappa shape index (κ3) is 5.57. The molecule has 0 unspecified atom stereocenters. The maximum absolute atomic E-state index is 11.2. The molecule has 0 saturated carbocycles. The van der Waals surface area contributed by atoms with Crippen LogP contribution in [0, 0.1) is 0 Å². The van der Waals surface area contributed by atoms with Crippen LogP contribution in [-0.4, -0.2) is 5.97 Å². The zero-order chi connectivity index (χ0) is 11.0. The van der Waals surface area contributed by atoms with Crippen molar-refractivity contribution in [3.05, 3.63) is 24.0 Å². The molecule has 14 heavy (non-hydrogen) atoms. The first kappa shape index (κ1) is 12.9. The Balaban J connectivity index is 3.92. The van der Waals surface area contributed by atoms with Crippen LogP contribution < -0.4 is 0 Å². The Kier molecular flexibility index (Phi) is 6.81. The number of carbonyl (C=O) groups is 1. The average Bonchev–Trinajstić information content (AvgIpc) is 2.16. The second kappa shape index (κ2) is 7.36. The van der Waals surface area contributed by atoms with Crippen molar-refractivity contribution in [2.45, 2.75) is 46.5 Å². The maximum atomic E-state index is 11.2. The lowest BCUT2D eigenvalue weighted by Gasteiger charge is -2.07. The van der Waals surface area contributed by atoms with E-state index in [0.29, 0.717) is 5.57 Å². The Labute approximate surface area is 86.6 Å². The second-order valence-electron chi connectivity index (χ2n) is 3.38. The van der Waals surface area contributed by atoms with E-state index in [9.17, 15) is 4.79 Å². The molecule has 0 rings (SSSR count). The van der Waals surface area contributed by atoms with Crippen molar-refractivity contribution in [1.29, 1.82) is 0 Å². The predicted octanol–water partition coefficient (Wildman–Crippen LogP) is 3.59. The number of esters is 1. The molecule has 0 aromatic carbocycles. The minimum atomic E-state index is -0.324. The van der Waals surface area contributed by atoms with Gasteiger partial charge in [-0.3, -0.25) is 0 Å². The first-order valence-corrected chi connectivity index (χ1v) is 5.14. The van der Waals surface area contributed by atoms with Crippen molar-refractivity contribution in [3.63, 3.8) is 0 Å². The molecule has 0 aliphatic carbocycles. The third-order valence-corrected chi connectivity index (χ3v) is 1.92. The molecular weight excluding hydrogens is 176 g/mol. The van der Waals surface area contributed by atoms with Crippen LogP contribution in [0.1, 0.15) is 46.5 Å². The average molecular weight is 196 g/mol. The fraction of sp³-hybridized carbons (Fsp3) is 0.583. The SMILES string of the molecule is C=C(C)C(=O)OC(=CC)CCCCC. The summed E-state index contributed by atoms with van der Waals surface area (Å²) in [6.45, 7) is 9.22. The topological polar surface area (TPSA) is 26.3 Å². The first-order valence-electron chi connectivity index (χ1n) is 5.14. The lowest BCUT2D eigenvalue weighted by molar-refractivity contribution is -0.135. The minimum absolute atomic E-state index is 0.324. The van der Waals surface area contributed by atoms with Gasteiger partial charge in [-0.25, -0.2) is 4.79 Å². The Bertz CT molecular complexity index is 226. The summed E-state index contributed by atoms with van der Waals surface area (Å²) in [7, 11) is 0. The maximum Gasteiger partial charge on any atom is 0.338 e. The summed E-state index contributed by atoms with van der Waals surface area (Å²) in [5, 5.41) is 0. The molecule has 0 atom stereocenters. The number of rotatable bonds is 6. The van der Waals surface area contributed by atoms with E-state index >= 15 is 0 Å². The zero-order valence-corrected chi connectivity index (χ0v) is 9.43. The number of hydrogen-bond acceptors (Lipinski definition) is 2. The number of ether oxygens (including phenoxy) is 1. The summed E-state index contributed by atoms with van der Waals surface area (Å²) in [6.07, 6.45) is 6.09. The number of hydrogen-bond donors (Lipinski definition) is 0. The normalized spacial score (nSPS) is 11.2. The Morgan fingerprint density at radius 1 is 1.43 bits per heavy atom. The van der Waals surface area contributed by atoms with Gasteiger partial charge < -0.3 is 4.74 Å². The second-order valence-corrected chi connectivity index (χ2v) is 3.38. The van der Waals surface area contributed by atoms with Gasteiger partial charge in [-0.15, -0.1) is 0 Å². The quantitative estimate of drug-likeness (QED) is 0.281. The van der Waals surface area contributed by atoms with E-state index in [1.165, 1.54) is 12.8 Å².